The largest absolute Gasteiger partial charge is 0.324 e. The van der Waals surface area contributed by atoms with Gasteiger partial charge in [-0.05, 0) is 67.7 Å². The van der Waals surface area contributed by atoms with Gasteiger partial charge in [0.15, 0.2) is 0 Å². The summed E-state index contributed by atoms with van der Waals surface area (Å²) in [4.78, 5) is 0. The standard InChI is InChI=1S/C16H25N/c1-10-5-6-14(7-10)16(17)15-9-12(3)11(2)8-13(15)4/h8-10,14,16H,5-7,17H2,1-4H3. The molecule has 1 saturated carbocycles. The van der Waals surface area contributed by atoms with Gasteiger partial charge in [-0.1, -0.05) is 25.5 Å². The first-order valence-corrected chi connectivity index (χ1v) is 6.82. The number of benzene rings is 1. The van der Waals surface area contributed by atoms with Gasteiger partial charge in [-0.25, -0.2) is 0 Å². The maximum atomic E-state index is 6.48. The molecule has 1 nitrogen and oxygen atoms in total. The smallest absolute Gasteiger partial charge is 0.0326 e. The summed E-state index contributed by atoms with van der Waals surface area (Å²) in [6, 6.07) is 4.82. The summed E-state index contributed by atoms with van der Waals surface area (Å²) in [6.07, 6.45) is 3.95. The van der Waals surface area contributed by atoms with Gasteiger partial charge in [0.25, 0.3) is 0 Å². The van der Waals surface area contributed by atoms with Crippen molar-refractivity contribution in [3.05, 3.63) is 34.4 Å². The van der Waals surface area contributed by atoms with Crippen molar-refractivity contribution in [1.29, 1.82) is 0 Å². The van der Waals surface area contributed by atoms with Crippen molar-refractivity contribution in [3.63, 3.8) is 0 Å². The zero-order chi connectivity index (χ0) is 12.6. The zero-order valence-electron chi connectivity index (χ0n) is 11.6. The fourth-order valence-corrected chi connectivity index (χ4v) is 3.17. The lowest BCUT2D eigenvalue weighted by Gasteiger charge is -2.22. The Kier molecular flexibility index (Phi) is 3.58. The molecule has 1 aliphatic carbocycles. The molecule has 3 unspecified atom stereocenters. The van der Waals surface area contributed by atoms with Crippen LogP contribution in [0.2, 0.25) is 0 Å². The molecule has 1 aromatic carbocycles. The first-order chi connectivity index (χ1) is 7.99. The predicted molar refractivity (Wildman–Crippen MR) is 74.1 cm³/mol. The Bertz CT molecular complexity index is 408. The van der Waals surface area contributed by atoms with E-state index in [9.17, 15) is 0 Å². The number of nitrogens with two attached hydrogens (primary N) is 1. The van der Waals surface area contributed by atoms with Crippen molar-refractivity contribution in [3.8, 4) is 0 Å². The molecule has 1 fully saturated rings. The third-order valence-electron chi connectivity index (χ3n) is 4.48. The highest BCUT2D eigenvalue weighted by Gasteiger charge is 2.28. The van der Waals surface area contributed by atoms with Crippen LogP contribution in [0, 0.1) is 32.6 Å². The van der Waals surface area contributed by atoms with Gasteiger partial charge in [0.1, 0.15) is 0 Å². The van der Waals surface area contributed by atoms with Crippen LogP contribution in [0.15, 0.2) is 12.1 Å². The number of rotatable bonds is 2. The maximum Gasteiger partial charge on any atom is 0.0326 e. The Morgan fingerprint density at radius 1 is 1.06 bits per heavy atom. The molecule has 1 aromatic rings. The molecule has 2 N–H and O–H groups in total. The summed E-state index contributed by atoms with van der Waals surface area (Å²) in [7, 11) is 0. The Labute approximate surface area is 105 Å². The van der Waals surface area contributed by atoms with Crippen molar-refractivity contribution >= 4 is 0 Å². The van der Waals surface area contributed by atoms with Crippen LogP contribution in [0.1, 0.15) is 54.5 Å². The lowest BCUT2D eigenvalue weighted by Crippen LogP contribution is -2.20. The second-order valence-corrected chi connectivity index (χ2v) is 6.00. The zero-order valence-corrected chi connectivity index (χ0v) is 11.6. The molecule has 0 amide bonds. The molecule has 0 aliphatic heterocycles. The highest BCUT2D eigenvalue weighted by Crippen LogP contribution is 2.38. The van der Waals surface area contributed by atoms with Gasteiger partial charge in [-0.3, -0.25) is 0 Å². The first-order valence-electron chi connectivity index (χ1n) is 6.82. The number of hydrogen-bond donors (Lipinski definition) is 1. The van der Waals surface area contributed by atoms with E-state index in [4.69, 9.17) is 5.73 Å². The molecule has 0 spiro atoms. The van der Waals surface area contributed by atoms with E-state index in [1.54, 1.807) is 0 Å². The van der Waals surface area contributed by atoms with Gasteiger partial charge in [0.05, 0.1) is 0 Å². The molecule has 17 heavy (non-hydrogen) atoms. The van der Waals surface area contributed by atoms with Crippen LogP contribution in [-0.4, -0.2) is 0 Å². The van der Waals surface area contributed by atoms with Crippen molar-refractivity contribution in [2.45, 2.75) is 53.0 Å². The number of hydrogen-bond acceptors (Lipinski definition) is 1. The Balaban J connectivity index is 2.24. The minimum absolute atomic E-state index is 0.235. The summed E-state index contributed by atoms with van der Waals surface area (Å²) in [5, 5.41) is 0. The van der Waals surface area contributed by atoms with Crippen LogP contribution in [0.25, 0.3) is 0 Å². The van der Waals surface area contributed by atoms with Crippen LogP contribution in [0.5, 0.6) is 0 Å². The summed E-state index contributed by atoms with van der Waals surface area (Å²) < 4.78 is 0. The molecule has 0 saturated heterocycles. The van der Waals surface area contributed by atoms with E-state index in [0.717, 1.165) is 5.92 Å². The van der Waals surface area contributed by atoms with Gasteiger partial charge >= 0.3 is 0 Å². The van der Waals surface area contributed by atoms with Crippen molar-refractivity contribution in [2.24, 2.45) is 17.6 Å². The highest BCUT2D eigenvalue weighted by atomic mass is 14.7. The quantitative estimate of drug-likeness (QED) is 0.816. The topological polar surface area (TPSA) is 26.0 Å². The third-order valence-corrected chi connectivity index (χ3v) is 4.48. The van der Waals surface area contributed by atoms with E-state index < -0.39 is 0 Å². The maximum absolute atomic E-state index is 6.48. The monoisotopic (exact) mass is 231 g/mol. The minimum atomic E-state index is 0.235. The Morgan fingerprint density at radius 3 is 2.29 bits per heavy atom. The molecular formula is C16H25N. The summed E-state index contributed by atoms with van der Waals surface area (Å²) >= 11 is 0. The first kappa shape index (κ1) is 12.6. The number of aryl methyl sites for hydroxylation is 3. The fraction of sp³-hybridized carbons (Fsp3) is 0.625. The van der Waals surface area contributed by atoms with Crippen molar-refractivity contribution in [1.82, 2.24) is 0 Å². The van der Waals surface area contributed by atoms with Crippen molar-refractivity contribution in [2.75, 3.05) is 0 Å². The van der Waals surface area contributed by atoms with E-state index in [1.165, 1.54) is 41.5 Å². The molecule has 0 aromatic heterocycles. The molecule has 2 rings (SSSR count). The second-order valence-electron chi connectivity index (χ2n) is 6.00. The Morgan fingerprint density at radius 2 is 1.71 bits per heavy atom. The molecule has 1 aliphatic rings. The van der Waals surface area contributed by atoms with Gasteiger partial charge in [-0.2, -0.15) is 0 Å². The van der Waals surface area contributed by atoms with Gasteiger partial charge in [-0.15, -0.1) is 0 Å². The molecular weight excluding hydrogens is 206 g/mol. The summed E-state index contributed by atoms with van der Waals surface area (Å²) in [5.74, 6) is 1.55. The molecule has 0 heterocycles. The van der Waals surface area contributed by atoms with E-state index >= 15 is 0 Å². The SMILES string of the molecule is Cc1cc(C)c(C(N)C2CCC(C)C2)cc1C. The van der Waals surface area contributed by atoms with Crippen LogP contribution in [0.3, 0.4) is 0 Å². The summed E-state index contributed by atoms with van der Waals surface area (Å²) in [6.45, 7) is 8.90. The molecule has 0 bridgehead atoms. The van der Waals surface area contributed by atoms with Crippen LogP contribution >= 0.6 is 0 Å². The average molecular weight is 231 g/mol. The normalized spacial score (nSPS) is 26.2. The van der Waals surface area contributed by atoms with Gasteiger partial charge in [0.2, 0.25) is 0 Å². The van der Waals surface area contributed by atoms with Crippen LogP contribution in [-0.2, 0) is 0 Å². The van der Waals surface area contributed by atoms with E-state index in [-0.39, 0.29) is 6.04 Å². The molecule has 94 valence electrons. The lowest BCUT2D eigenvalue weighted by atomic mass is 9.87. The summed E-state index contributed by atoms with van der Waals surface area (Å²) in [5.41, 5.74) is 12.0. The molecule has 1 heteroatoms. The lowest BCUT2D eigenvalue weighted by molar-refractivity contribution is 0.427. The highest BCUT2D eigenvalue weighted by molar-refractivity contribution is 5.38. The Hall–Kier alpha value is -0.820. The molecule has 0 radical (unpaired) electrons. The van der Waals surface area contributed by atoms with E-state index in [2.05, 4.69) is 39.8 Å². The van der Waals surface area contributed by atoms with Gasteiger partial charge < -0.3 is 5.73 Å². The van der Waals surface area contributed by atoms with E-state index in [0.29, 0.717) is 5.92 Å². The second kappa shape index (κ2) is 4.81. The van der Waals surface area contributed by atoms with Gasteiger partial charge in [0, 0.05) is 6.04 Å². The van der Waals surface area contributed by atoms with Crippen molar-refractivity contribution < 1.29 is 0 Å². The van der Waals surface area contributed by atoms with Crippen LogP contribution in [0.4, 0.5) is 0 Å². The van der Waals surface area contributed by atoms with Crippen LogP contribution < -0.4 is 5.73 Å². The fourth-order valence-electron chi connectivity index (χ4n) is 3.17. The third kappa shape index (κ3) is 2.55. The molecule has 3 atom stereocenters. The minimum Gasteiger partial charge on any atom is -0.324 e. The predicted octanol–water partition coefficient (Wildman–Crippen LogP) is 4.05. The average Bonchev–Trinajstić information content (AvgIpc) is 2.69. The van der Waals surface area contributed by atoms with E-state index in [1.807, 2.05) is 0 Å².